The second-order valence-corrected chi connectivity index (χ2v) is 10.5. The van der Waals surface area contributed by atoms with Crippen molar-refractivity contribution in [3.05, 3.63) is 89.9 Å². The van der Waals surface area contributed by atoms with E-state index in [-0.39, 0.29) is 30.2 Å². The summed E-state index contributed by atoms with van der Waals surface area (Å²) in [6.45, 7) is 4.22. The summed E-state index contributed by atoms with van der Waals surface area (Å²) in [4.78, 5) is 16.9. The fraction of sp³-hybridized carbons (Fsp3) is 0.281. The van der Waals surface area contributed by atoms with Crippen molar-refractivity contribution in [2.75, 3.05) is 0 Å². The van der Waals surface area contributed by atoms with Crippen LogP contribution in [-0.2, 0) is 16.0 Å². The first-order valence-electron chi connectivity index (χ1n) is 13.4. The average Bonchev–Trinajstić information content (AvgIpc) is 3.29. The van der Waals surface area contributed by atoms with Crippen LogP contribution in [0.1, 0.15) is 50.3 Å². The van der Waals surface area contributed by atoms with Gasteiger partial charge in [-0.3, -0.25) is 4.79 Å². The first-order valence-corrected chi connectivity index (χ1v) is 13.4. The lowest BCUT2D eigenvalue weighted by atomic mass is 9.93. The van der Waals surface area contributed by atoms with Crippen molar-refractivity contribution in [3.8, 4) is 16.9 Å². The van der Waals surface area contributed by atoms with E-state index in [0.29, 0.717) is 19.3 Å². The maximum absolute atomic E-state index is 14.0. The number of nitrogens with zero attached hydrogens (tertiary/aromatic N) is 3. The Kier molecular flexibility index (Phi) is 6.61. The molecule has 1 fully saturated rings. The van der Waals surface area contributed by atoms with Crippen molar-refractivity contribution in [2.45, 2.75) is 57.7 Å². The molecule has 3 heterocycles. The molecule has 2 unspecified atom stereocenters. The van der Waals surface area contributed by atoms with E-state index in [9.17, 15) is 14.3 Å². The van der Waals surface area contributed by atoms with E-state index in [1.165, 1.54) is 12.1 Å². The minimum atomic E-state index is -0.686. The highest BCUT2D eigenvalue weighted by Crippen LogP contribution is 2.38. The molecule has 0 amide bonds. The van der Waals surface area contributed by atoms with Crippen LogP contribution >= 0.6 is 0 Å². The Morgan fingerprint density at radius 2 is 1.64 bits per heavy atom. The van der Waals surface area contributed by atoms with Gasteiger partial charge >= 0.3 is 5.97 Å². The molecule has 7 heteroatoms. The minimum Gasteiger partial charge on any atom is -0.462 e. The van der Waals surface area contributed by atoms with E-state index in [2.05, 4.69) is 26.0 Å². The third-order valence-electron chi connectivity index (χ3n) is 7.40. The third kappa shape index (κ3) is 4.79. The van der Waals surface area contributed by atoms with Gasteiger partial charge in [-0.1, -0.05) is 50.2 Å². The van der Waals surface area contributed by atoms with Crippen molar-refractivity contribution in [1.82, 2.24) is 14.8 Å². The van der Waals surface area contributed by atoms with Gasteiger partial charge in [0, 0.05) is 28.3 Å². The largest absolute Gasteiger partial charge is 0.462 e. The number of pyridine rings is 1. The van der Waals surface area contributed by atoms with Crippen LogP contribution in [0.5, 0.6) is 0 Å². The predicted molar refractivity (Wildman–Crippen MR) is 149 cm³/mol. The molecule has 2 atom stereocenters. The number of fused-ring (bicyclic) bond motifs is 2. The average molecular weight is 524 g/mol. The second-order valence-electron chi connectivity index (χ2n) is 10.5. The number of hydrogen-bond acceptors (Lipinski definition) is 5. The number of halogens is 1. The van der Waals surface area contributed by atoms with E-state index in [1.807, 2.05) is 41.1 Å². The first-order chi connectivity index (χ1) is 18.9. The summed E-state index contributed by atoms with van der Waals surface area (Å²) >= 11 is 0. The highest BCUT2D eigenvalue weighted by molar-refractivity contribution is 6.03. The van der Waals surface area contributed by atoms with Gasteiger partial charge in [0.15, 0.2) is 0 Å². The molecule has 0 aliphatic carbocycles. The van der Waals surface area contributed by atoms with Crippen LogP contribution in [-0.4, -0.2) is 38.0 Å². The maximum atomic E-state index is 14.0. The normalized spacial score (nSPS) is 17.7. The Bertz CT molecular complexity index is 1620. The lowest BCUT2D eigenvalue weighted by molar-refractivity contribution is -0.160. The van der Waals surface area contributed by atoms with Gasteiger partial charge in [-0.15, -0.1) is 0 Å². The zero-order valence-corrected chi connectivity index (χ0v) is 22.0. The highest BCUT2D eigenvalue weighted by Gasteiger charge is 2.29. The summed E-state index contributed by atoms with van der Waals surface area (Å²) in [7, 11) is 0. The molecule has 1 aliphatic heterocycles. The summed E-state index contributed by atoms with van der Waals surface area (Å²) in [5.74, 6) is -0.565. The molecule has 0 bridgehead atoms. The van der Waals surface area contributed by atoms with Gasteiger partial charge < -0.3 is 9.84 Å². The molecular formula is C32H30FN3O3. The molecule has 5 aromatic rings. The Balaban J connectivity index is 1.59. The molecule has 39 heavy (non-hydrogen) atoms. The Morgan fingerprint density at radius 3 is 2.26 bits per heavy atom. The SMILES string of the molecule is CC(C)c1nn(-c2c3ccccc3nc3ccccc23)c(-c2ccc(F)cc2)c1CCC1CC(O)CC(=O)O1. The van der Waals surface area contributed by atoms with Crippen LogP contribution in [0.3, 0.4) is 0 Å². The molecule has 1 N–H and O–H groups in total. The van der Waals surface area contributed by atoms with E-state index in [4.69, 9.17) is 14.8 Å². The molecule has 198 valence electrons. The molecule has 0 radical (unpaired) electrons. The second kappa shape index (κ2) is 10.2. The third-order valence-corrected chi connectivity index (χ3v) is 7.40. The number of ether oxygens (including phenoxy) is 1. The van der Waals surface area contributed by atoms with Gasteiger partial charge in [0.25, 0.3) is 0 Å². The van der Waals surface area contributed by atoms with Gasteiger partial charge in [-0.05, 0) is 55.2 Å². The summed E-state index contributed by atoms with van der Waals surface area (Å²) in [6.07, 6.45) is 0.548. The Morgan fingerprint density at radius 1 is 1.00 bits per heavy atom. The number of rotatable bonds is 6. The van der Waals surface area contributed by atoms with Crippen molar-refractivity contribution in [2.24, 2.45) is 0 Å². The van der Waals surface area contributed by atoms with Crippen LogP contribution in [0.25, 0.3) is 38.8 Å². The fourth-order valence-corrected chi connectivity index (χ4v) is 5.63. The zero-order chi connectivity index (χ0) is 27.1. The van der Waals surface area contributed by atoms with E-state index >= 15 is 0 Å². The van der Waals surface area contributed by atoms with Crippen LogP contribution in [0.15, 0.2) is 72.8 Å². The first kappa shape index (κ1) is 25.2. The van der Waals surface area contributed by atoms with Gasteiger partial charge in [-0.2, -0.15) is 5.10 Å². The molecule has 1 saturated heterocycles. The molecular weight excluding hydrogens is 493 g/mol. The number of esters is 1. The van der Waals surface area contributed by atoms with Gasteiger partial charge in [0.05, 0.1) is 40.6 Å². The van der Waals surface area contributed by atoms with Crippen LogP contribution in [0, 0.1) is 5.82 Å². The smallest absolute Gasteiger partial charge is 0.308 e. The molecule has 6 rings (SSSR count). The highest BCUT2D eigenvalue weighted by atomic mass is 19.1. The number of benzene rings is 3. The fourth-order valence-electron chi connectivity index (χ4n) is 5.63. The van der Waals surface area contributed by atoms with Gasteiger partial charge in [0.2, 0.25) is 0 Å². The van der Waals surface area contributed by atoms with Crippen LogP contribution in [0.2, 0.25) is 0 Å². The maximum Gasteiger partial charge on any atom is 0.308 e. The summed E-state index contributed by atoms with van der Waals surface area (Å²) in [5.41, 5.74) is 6.33. The van der Waals surface area contributed by atoms with Crippen molar-refractivity contribution in [3.63, 3.8) is 0 Å². The number of carbonyl (C=O) groups excluding carboxylic acids is 1. The standard InChI is InChI=1S/C32H30FN3O3/c1-19(2)30-26(16-15-23-17-22(37)18-29(38)39-23)31(20-11-13-21(33)14-12-20)36(35-30)32-24-7-3-5-9-27(24)34-28-10-6-4-8-25(28)32/h3-14,19,22-23,37H,15-18H2,1-2H3. The van der Waals surface area contributed by atoms with Crippen LogP contribution in [0.4, 0.5) is 4.39 Å². The number of hydrogen-bond donors (Lipinski definition) is 1. The summed E-state index contributed by atoms with van der Waals surface area (Å²) < 4.78 is 21.6. The lowest BCUT2D eigenvalue weighted by Crippen LogP contribution is -2.32. The van der Waals surface area contributed by atoms with Gasteiger partial charge in [-0.25, -0.2) is 14.1 Å². The summed E-state index contributed by atoms with van der Waals surface area (Å²) in [5, 5.41) is 17.3. The van der Waals surface area contributed by atoms with E-state index < -0.39 is 6.10 Å². The van der Waals surface area contributed by atoms with Crippen molar-refractivity contribution < 1.29 is 19.0 Å². The number of aliphatic hydroxyl groups is 1. The lowest BCUT2D eigenvalue weighted by Gasteiger charge is -2.26. The van der Waals surface area contributed by atoms with Crippen molar-refractivity contribution >= 4 is 27.8 Å². The molecule has 0 spiro atoms. The summed E-state index contributed by atoms with van der Waals surface area (Å²) in [6, 6.07) is 22.5. The topological polar surface area (TPSA) is 77.2 Å². The monoisotopic (exact) mass is 523 g/mol. The number of carbonyl (C=O) groups is 1. The number of para-hydroxylation sites is 2. The molecule has 6 nitrogen and oxygen atoms in total. The number of aromatic nitrogens is 3. The van der Waals surface area contributed by atoms with Crippen LogP contribution < -0.4 is 0 Å². The van der Waals surface area contributed by atoms with Gasteiger partial charge in [0.1, 0.15) is 11.9 Å². The molecule has 1 aliphatic rings. The molecule has 3 aromatic carbocycles. The number of cyclic esters (lactones) is 1. The Labute approximate surface area is 226 Å². The quantitative estimate of drug-likeness (QED) is 0.203. The molecule has 0 saturated carbocycles. The van der Waals surface area contributed by atoms with E-state index in [0.717, 1.165) is 50.0 Å². The van der Waals surface area contributed by atoms with Crippen molar-refractivity contribution in [1.29, 1.82) is 0 Å². The minimum absolute atomic E-state index is 0.0364. The van der Waals surface area contributed by atoms with E-state index in [1.54, 1.807) is 12.1 Å². The predicted octanol–water partition coefficient (Wildman–Crippen LogP) is 6.50. The molecule has 2 aromatic heterocycles. The zero-order valence-electron chi connectivity index (χ0n) is 22.0. The Hall–Kier alpha value is -4.10. The number of aliphatic hydroxyl groups excluding tert-OH is 1.